The molecular weight excluding hydrogens is 380 g/mol. The Balaban J connectivity index is 1.23. The highest BCUT2D eigenvalue weighted by Gasteiger charge is 2.33. The Morgan fingerprint density at radius 1 is 1.13 bits per heavy atom. The van der Waals surface area contributed by atoms with Gasteiger partial charge in [-0.3, -0.25) is 9.59 Å². The molecule has 2 aromatic rings. The second-order valence-corrected chi connectivity index (χ2v) is 8.32. The fourth-order valence-electron chi connectivity index (χ4n) is 4.29. The number of piperidine rings is 1. The van der Waals surface area contributed by atoms with Gasteiger partial charge in [-0.15, -0.1) is 0 Å². The van der Waals surface area contributed by atoms with Gasteiger partial charge in [-0.25, -0.2) is 9.97 Å². The van der Waals surface area contributed by atoms with Gasteiger partial charge in [0.2, 0.25) is 5.91 Å². The maximum atomic E-state index is 12.7. The third-order valence-electron chi connectivity index (χ3n) is 5.93. The standard InChI is InChI=1S/C23H28N4O3/c1-17-4-2-5-20(12-17)22(29)26-10-6-18(7-11-26)14-27-15-19(13-21(27)28)16-30-23-24-8-3-9-25-23/h2-5,8-9,12,18-19H,6-7,10-11,13-16H2,1H3. The molecule has 4 rings (SSSR count). The van der Waals surface area contributed by atoms with E-state index in [1.807, 2.05) is 41.0 Å². The van der Waals surface area contributed by atoms with Crippen LogP contribution < -0.4 is 4.74 Å². The zero-order valence-electron chi connectivity index (χ0n) is 17.4. The quantitative estimate of drug-likeness (QED) is 0.734. The molecule has 158 valence electrons. The van der Waals surface area contributed by atoms with Crippen molar-refractivity contribution in [1.29, 1.82) is 0 Å². The summed E-state index contributed by atoms with van der Waals surface area (Å²) in [6.07, 6.45) is 5.66. The van der Waals surface area contributed by atoms with E-state index in [-0.39, 0.29) is 17.7 Å². The van der Waals surface area contributed by atoms with Crippen LogP contribution in [0.4, 0.5) is 0 Å². The third kappa shape index (κ3) is 4.96. The second-order valence-electron chi connectivity index (χ2n) is 8.32. The summed E-state index contributed by atoms with van der Waals surface area (Å²) >= 11 is 0. The number of nitrogens with zero attached hydrogens (tertiary/aromatic N) is 4. The molecule has 1 aromatic heterocycles. The third-order valence-corrected chi connectivity index (χ3v) is 5.93. The molecule has 2 fully saturated rings. The molecule has 1 atom stereocenters. The number of amides is 2. The highest BCUT2D eigenvalue weighted by Crippen LogP contribution is 2.25. The fraction of sp³-hybridized carbons (Fsp3) is 0.478. The van der Waals surface area contributed by atoms with Crippen LogP contribution in [-0.4, -0.2) is 64.4 Å². The van der Waals surface area contributed by atoms with Gasteiger partial charge in [-0.1, -0.05) is 17.7 Å². The summed E-state index contributed by atoms with van der Waals surface area (Å²) in [7, 11) is 0. The Hall–Kier alpha value is -2.96. The number of benzene rings is 1. The maximum Gasteiger partial charge on any atom is 0.316 e. The molecule has 2 saturated heterocycles. The van der Waals surface area contributed by atoms with Crippen LogP contribution in [0.5, 0.6) is 6.01 Å². The first-order valence-electron chi connectivity index (χ1n) is 10.6. The van der Waals surface area contributed by atoms with Crippen molar-refractivity contribution >= 4 is 11.8 Å². The van der Waals surface area contributed by atoms with Crippen LogP contribution in [0.1, 0.15) is 35.2 Å². The number of likely N-dealkylation sites (tertiary alicyclic amines) is 2. The van der Waals surface area contributed by atoms with Crippen LogP contribution in [0, 0.1) is 18.8 Å². The van der Waals surface area contributed by atoms with E-state index in [4.69, 9.17) is 4.74 Å². The Morgan fingerprint density at radius 2 is 1.90 bits per heavy atom. The van der Waals surface area contributed by atoms with Gasteiger partial charge in [0, 0.05) is 56.5 Å². The molecule has 0 aliphatic carbocycles. The first-order valence-corrected chi connectivity index (χ1v) is 10.6. The van der Waals surface area contributed by atoms with Crippen LogP contribution >= 0.6 is 0 Å². The Bertz CT molecular complexity index is 881. The number of carbonyl (C=O) groups is 2. The summed E-state index contributed by atoms with van der Waals surface area (Å²) < 4.78 is 5.62. The van der Waals surface area contributed by atoms with Crippen molar-refractivity contribution in [2.75, 3.05) is 32.8 Å². The highest BCUT2D eigenvalue weighted by atomic mass is 16.5. The van der Waals surface area contributed by atoms with Crippen molar-refractivity contribution in [1.82, 2.24) is 19.8 Å². The molecule has 1 aromatic carbocycles. The summed E-state index contributed by atoms with van der Waals surface area (Å²) in [5.41, 5.74) is 1.86. The lowest BCUT2D eigenvalue weighted by Gasteiger charge is -2.34. The first kappa shape index (κ1) is 20.3. The Morgan fingerprint density at radius 3 is 2.63 bits per heavy atom. The van der Waals surface area contributed by atoms with E-state index in [0.29, 0.717) is 31.5 Å². The molecule has 1 unspecified atom stereocenters. The molecule has 2 aliphatic heterocycles. The molecule has 0 spiro atoms. The molecule has 7 nitrogen and oxygen atoms in total. The molecule has 0 bridgehead atoms. The molecule has 2 aliphatic rings. The summed E-state index contributed by atoms with van der Waals surface area (Å²) in [6, 6.07) is 9.86. The summed E-state index contributed by atoms with van der Waals surface area (Å²) in [5, 5.41) is 0. The summed E-state index contributed by atoms with van der Waals surface area (Å²) in [6.45, 7) is 5.43. The zero-order chi connectivity index (χ0) is 20.9. The minimum atomic E-state index is 0.106. The maximum absolute atomic E-state index is 12.7. The van der Waals surface area contributed by atoms with Gasteiger partial charge in [-0.05, 0) is 43.9 Å². The van der Waals surface area contributed by atoms with Gasteiger partial charge in [0.1, 0.15) is 0 Å². The smallest absolute Gasteiger partial charge is 0.316 e. The average molecular weight is 409 g/mol. The summed E-state index contributed by atoms with van der Waals surface area (Å²) in [4.78, 5) is 37.2. The topological polar surface area (TPSA) is 75.6 Å². The number of ether oxygens (including phenoxy) is 1. The molecule has 0 N–H and O–H groups in total. The van der Waals surface area contributed by atoms with Crippen molar-refractivity contribution in [3.8, 4) is 6.01 Å². The van der Waals surface area contributed by atoms with Crippen LogP contribution in [0.15, 0.2) is 42.7 Å². The molecule has 30 heavy (non-hydrogen) atoms. The Labute approximate surface area is 177 Å². The van der Waals surface area contributed by atoms with Crippen LogP contribution in [0.25, 0.3) is 0 Å². The van der Waals surface area contributed by atoms with Crippen molar-refractivity contribution in [3.63, 3.8) is 0 Å². The van der Waals surface area contributed by atoms with E-state index < -0.39 is 0 Å². The van der Waals surface area contributed by atoms with Crippen LogP contribution in [0.2, 0.25) is 0 Å². The molecule has 3 heterocycles. The monoisotopic (exact) mass is 408 g/mol. The van der Waals surface area contributed by atoms with Gasteiger partial charge >= 0.3 is 6.01 Å². The van der Waals surface area contributed by atoms with E-state index in [1.54, 1.807) is 18.5 Å². The van der Waals surface area contributed by atoms with Crippen LogP contribution in [-0.2, 0) is 4.79 Å². The Kier molecular flexibility index (Phi) is 6.26. The second kappa shape index (κ2) is 9.24. The lowest BCUT2D eigenvalue weighted by molar-refractivity contribution is -0.128. The highest BCUT2D eigenvalue weighted by molar-refractivity contribution is 5.94. The average Bonchev–Trinajstić information content (AvgIpc) is 3.12. The molecule has 2 amide bonds. The zero-order valence-corrected chi connectivity index (χ0v) is 17.4. The van der Waals surface area contributed by atoms with Crippen LogP contribution in [0.3, 0.4) is 0 Å². The lowest BCUT2D eigenvalue weighted by atomic mass is 9.95. The van der Waals surface area contributed by atoms with Crippen molar-refractivity contribution in [2.24, 2.45) is 11.8 Å². The number of aromatic nitrogens is 2. The minimum absolute atomic E-state index is 0.106. The largest absolute Gasteiger partial charge is 0.463 e. The number of hydrogen-bond donors (Lipinski definition) is 0. The number of aryl methyl sites for hydroxylation is 1. The van der Waals surface area contributed by atoms with E-state index in [1.165, 1.54) is 0 Å². The molecule has 0 saturated carbocycles. The van der Waals surface area contributed by atoms with E-state index in [9.17, 15) is 9.59 Å². The van der Waals surface area contributed by atoms with Gasteiger partial charge < -0.3 is 14.5 Å². The van der Waals surface area contributed by atoms with Crippen molar-refractivity contribution in [3.05, 3.63) is 53.9 Å². The molecule has 0 radical (unpaired) electrons. The fourth-order valence-corrected chi connectivity index (χ4v) is 4.29. The molecular formula is C23H28N4O3. The van der Waals surface area contributed by atoms with E-state index in [0.717, 1.165) is 43.6 Å². The number of carbonyl (C=O) groups excluding carboxylic acids is 2. The van der Waals surface area contributed by atoms with Crippen molar-refractivity contribution < 1.29 is 14.3 Å². The minimum Gasteiger partial charge on any atom is -0.463 e. The number of rotatable bonds is 6. The summed E-state index contributed by atoms with van der Waals surface area (Å²) in [5.74, 6) is 0.905. The van der Waals surface area contributed by atoms with Gasteiger partial charge in [0.15, 0.2) is 0 Å². The first-order chi connectivity index (χ1) is 14.6. The SMILES string of the molecule is Cc1cccc(C(=O)N2CCC(CN3CC(COc4ncccn4)CC3=O)CC2)c1. The lowest BCUT2D eigenvalue weighted by Crippen LogP contribution is -2.42. The van der Waals surface area contributed by atoms with E-state index >= 15 is 0 Å². The molecule has 7 heteroatoms. The van der Waals surface area contributed by atoms with Gasteiger partial charge in [0.05, 0.1) is 6.61 Å². The predicted octanol–water partition coefficient (Wildman–Crippen LogP) is 2.56. The van der Waals surface area contributed by atoms with Crippen molar-refractivity contribution in [2.45, 2.75) is 26.2 Å². The van der Waals surface area contributed by atoms with Gasteiger partial charge in [0.25, 0.3) is 5.91 Å². The van der Waals surface area contributed by atoms with E-state index in [2.05, 4.69) is 9.97 Å². The number of hydrogen-bond acceptors (Lipinski definition) is 5. The van der Waals surface area contributed by atoms with Gasteiger partial charge in [-0.2, -0.15) is 0 Å². The normalized spacial score (nSPS) is 19.9. The predicted molar refractivity (Wildman–Crippen MR) is 112 cm³/mol.